The summed E-state index contributed by atoms with van der Waals surface area (Å²) >= 11 is 5.12. The summed E-state index contributed by atoms with van der Waals surface area (Å²) in [5.74, 6) is 0.243. The molecule has 1 aromatic heterocycles. The largest absolute Gasteiger partial charge is 0.507 e. The van der Waals surface area contributed by atoms with Gasteiger partial charge in [0.2, 0.25) is 0 Å². The number of phenolic OH excluding ortho intramolecular Hbond substituents is 1. The quantitative estimate of drug-likeness (QED) is 0.666. The lowest BCUT2D eigenvalue weighted by atomic mass is 10.2. The van der Waals surface area contributed by atoms with Crippen LogP contribution in [0.15, 0.2) is 57.3 Å². The lowest BCUT2D eigenvalue weighted by Crippen LogP contribution is -1.85. The van der Waals surface area contributed by atoms with Gasteiger partial charge in [-0.15, -0.1) is 11.3 Å². The summed E-state index contributed by atoms with van der Waals surface area (Å²) in [7, 11) is 0. The van der Waals surface area contributed by atoms with E-state index in [0.29, 0.717) is 6.54 Å². The highest BCUT2D eigenvalue weighted by molar-refractivity contribution is 9.10. The van der Waals surface area contributed by atoms with E-state index in [9.17, 15) is 5.11 Å². The fraction of sp³-hybridized carbons (Fsp3) is 0.0625. The standard InChI is InChI=1S/C16H12BrNOS/c17-13-5-6-15(19)11(7-13)8-18-9-12-10-20-16-4-2-1-3-14(12)16/h1-8,10,19H,9H2. The SMILES string of the molecule is Oc1ccc(Br)cc1C=NCc1csc2ccccc12. The topological polar surface area (TPSA) is 32.6 Å². The maximum absolute atomic E-state index is 9.75. The van der Waals surface area contributed by atoms with Gasteiger partial charge in [-0.1, -0.05) is 34.1 Å². The van der Waals surface area contributed by atoms with E-state index in [1.165, 1.54) is 15.6 Å². The third-order valence-electron chi connectivity index (χ3n) is 3.04. The average Bonchev–Trinajstić information content (AvgIpc) is 2.86. The zero-order chi connectivity index (χ0) is 13.9. The van der Waals surface area contributed by atoms with Crippen LogP contribution in [0.3, 0.4) is 0 Å². The van der Waals surface area contributed by atoms with Gasteiger partial charge in [-0.2, -0.15) is 0 Å². The summed E-state index contributed by atoms with van der Waals surface area (Å²) < 4.78 is 2.21. The number of rotatable bonds is 3. The summed E-state index contributed by atoms with van der Waals surface area (Å²) in [5.41, 5.74) is 1.94. The van der Waals surface area contributed by atoms with Crippen LogP contribution in [0.5, 0.6) is 5.75 Å². The maximum atomic E-state index is 9.75. The normalized spacial score (nSPS) is 11.4. The van der Waals surface area contributed by atoms with Crippen molar-refractivity contribution in [3.8, 4) is 5.75 Å². The second-order valence-corrected chi connectivity index (χ2v) is 6.26. The number of fused-ring (bicyclic) bond motifs is 1. The Bertz CT molecular complexity index is 779. The van der Waals surface area contributed by atoms with E-state index in [1.54, 1.807) is 29.7 Å². The van der Waals surface area contributed by atoms with Crippen molar-refractivity contribution >= 4 is 43.6 Å². The highest BCUT2D eigenvalue weighted by atomic mass is 79.9. The number of thiophene rings is 1. The molecule has 2 nitrogen and oxygen atoms in total. The third kappa shape index (κ3) is 2.76. The van der Waals surface area contributed by atoms with Gasteiger partial charge in [0.25, 0.3) is 0 Å². The minimum Gasteiger partial charge on any atom is -0.507 e. The van der Waals surface area contributed by atoms with E-state index < -0.39 is 0 Å². The van der Waals surface area contributed by atoms with Gasteiger partial charge >= 0.3 is 0 Å². The maximum Gasteiger partial charge on any atom is 0.124 e. The van der Waals surface area contributed by atoms with E-state index in [-0.39, 0.29) is 5.75 Å². The summed E-state index contributed by atoms with van der Waals surface area (Å²) in [6.07, 6.45) is 1.71. The van der Waals surface area contributed by atoms with Crippen LogP contribution in [0.1, 0.15) is 11.1 Å². The third-order valence-corrected chi connectivity index (χ3v) is 4.55. The van der Waals surface area contributed by atoms with Crippen LogP contribution in [-0.2, 0) is 6.54 Å². The zero-order valence-corrected chi connectivity index (χ0v) is 13.0. The molecule has 0 saturated heterocycles. The molecule has 3 rings (SSSR count). The van der Waals surface area contributed by atoms with Crippen LogP contribution >= 0.6 is 27.3 Å². The molecular weight excluding hydrogens is 334 g/mol. The van der Waals surface area contributed by atoms with Crippen molar-refractivity contribution in [2.24, 2.45) is 4.99 Å². The van der Waals surface area contributed by atoms with Crippen molar-refractivity contribution in [3.05, 3.63) is 63.4 Å². The Balaban J connectivity index is 1.82. The lowest BCUT2D eigenvalue weighted by molar-refractivity contribution is 0.474. The summed E-state index contributed by atoms with van der Waals surface area (Å²) in [6, 6.07) is 13.6. The van der Waals surface area contributed by atoms with Gasteiger partial charge < -0.3 is 5.11 Å². The number of halogens is 1. The summed E-state index contributed by atoms with van der Waals surface area (Å²) in [5, 5.41) is 13.2. The van der Waals surface area contributed by atoms with Crippen molar-refractivity contribution in [2.45, 2.75) is 6.54 Å². The molecule has 0 aliphatic rings. The van der Waals surface area contributed by atoms with E-state index in [2.05, 4.69) is 38.4 Å². The fourth-order valence-corrected chi connectivity index (χ4v) is 3.36. The van der Waals surface area contributed by atoms with Crippen molar-refractivity contribution < 1.29 is 5.11 Å². The first-order valence-electron chi connectivity index (χ1n) is 6.17. The molecule has 0 spiro atoms. The highest BCUT2D eigenvalue weighted by Crippen LogP contribution is 2.26. The Morgan fingerprint density at radius 2 is 2.05 bits per heavy atom. The van der Waals surface area contributed by atoms with Gasteiger partial charge in [0.05, 0.1) is 6.54 Å². The van der Waals surface area contributed by atoms with Crippen molar-refractivity contribution in [3.63, 3.8) is 0 Å². The molecule has 0 atom stereocenters. The van der Waals surface area contributed by atoms with Gasteiger partial charge in [0.15, 0.2) is 0 Å². The number of phenols is 1. The monoisotopic (exact) mass is 345 g/mol. The van der Waals surface area contributed by atoms with Crippen LogP contribution < -0.4 is 0 Å². The lowest BCUT2D eigenvalue weighted by Gasteiger charge is -1.99. The van der Waals surface area contributed by atoms with E-state index in [1.807, 2.05) is 18.2 Å². The van der Waals surface area contributed by atoms with Gasteiger partial charge in [0.1, 0.15) is 5.75 Å². The van der Waals surface area contributed by atoms with Gasteiger partial charge in [0, 0.05) is 21.0 Å². The minimum absolute atomic E-state index is 0.243. The van der Waals surface area contributed by atoms with Crippen molar-refractivity contribution in [1.82, 2.24) is 0 Å². The molecule has 0 radical (unpaired) electrons. The molecule has 0 fully saturated rings. The molecule has 0 aliphatic carbocycles. The van der Waals surface area contributed by atoms with E-state index in [0.717, 1.165) is 10.0 Å². The second-order valence-electron chi connectivity index (χ2n) is 4.43. The molecule has 0 aliphatic heterocycles. The molecular formula is C16H12BrNOS. The number of aromatic hydroxyl groups is 1. The molecule has 1 heterocycles. The van der Waals surface area contributed by atoms with Crippen LogP contribution in [0.4, 0.5) is 0 Å². The molecule has 3 aromatic rings. The predicted molar refractivity (Wildman–Crippen MR) is 88.9 cm³/mol. The highest BCUT2D eigenvalue weighted by Gasteiger charge is 2.02. The molecule has 0 saturated carbocycles. The number of nitrogens with zero attached hydrogens (tertiary/aromatic N) is 1. The first-order chi connectivity index (χ1) is 9.74. The number of benzene rings is 2. The first-order valence-corrected chi connectivity index (χ1v) is 7.85. The minimum atomic E-state index is 0.243. The molecule has 100 valence electrons. The Morgan fingerprint density at radius 1 is 1.20 bits per heavy atom. The Kier molecular flexibility index (Phi) is 3.85. The zero-order valence-electron chi connectivity index (χ0n) is 10.6. The Morgan fingerprint density at radius 3 is 2.95 bits per heavy atom. The van der Waals surface area contributed by atoms with Gasteiger partial charge in [-0.25, -0.2) is 0 Å². The number of hydrogen-bond donors (Lipinski definition) is 1. The van der Waals surface area contributed by atoms with E-state index in [4.69, 9.17) is 0 Å². The van der Waals surface area contributed by atoms with Crippen LogP contribution in [0.2, 0.25) is 0 Å². The van der Waals surface area contributed by atoms with Gasteiger partial charge in [-0.3, -0.25) is 4.99 Å². The molecule has 2 aromatic carbocycles. The van der Waals surface area contributed by atoms with Crippen LogP contribution in [-0.4, -0.2) is 11.3 Å². The molecule has 0 amide bonds. The molecule has 0 bridgehead atoms. The van der Waals surface area contributed by atoms with Crippen LogP contribution in [0, 0.1) is 0 Å². The van der Waals surface area contributed by atoms with Gasteiger partial charge in [-0.05, 0) is 40.6 Å². The summed E-state index contributed by atoms with van der Waals surface area (Å²) in [6.45, 7) is 0.621. The molecule has 1 N–H and O–H groups in total. The average molecular weight is 346 g/mol. The smallest absolute Gasteiger partial charge is 0.124 e. The summed E-state index contributed by atoms with van der Waals surface area (Å²) in [4.78, 5) is 4.44. The van der Waals surface area contributed by atoms with Crippen molar-refractivity contribution in [2.75, 3.05) is 0 Å². The molecule has 20 heavy (non-hydrogen) atoms. The molecule has 4 heteroatoms. The fourth-order valence-electron chi connectivity index (χ4n) is 2.03. The Hall–Kier alpha value is -1.65. The Labute approximate surface area is 129 Å². The first kappa shape index (κ1) is 13.3. The number of aliphatic imine (C=N–C) groups is 1. The van der Waals surface area contributed by atoms with Crippen LogP contribution in [0.25, 0.3) is 10.1 Å². The number of hydrogen-bond acceptors (Lipinski definition) is 3. The van der Waals surface area contributed by atoms with Crippen molar-refractivity contribution in [1.29, 1.82) is 0 Å². The van der Waals surface area contributed by atoms with E-state index >= 15 is 0 Å². The molecule has 0 unspecified atom stereocenters. The second kappa shape index (κ2) is 5.77. The predicted octanol–water partition coefficient (Wildman–Crippen LogP) is 4.99.